The molecule has 70 valence electrons. The van der Waals surface area contributed by atoms with Crippen molar-refractivity contribution < 1.29 is 9.53 Å². The number of amides is 1. The standard InChI is InChI=1S/C9H10BrNO2/c1-2-13-8-4-6(9(11)12)3-7(10)5-8/h3-5H,2H2,1H3,(H2,11,12). The number of carbonyl (C=O) groups excluding carboxylic acids is 1. The van der Waals surface area contributed by atoms with Crippen molar-refractivity contribution >= 4 is 21.8 Å². The first-order valence-corrected chi connectivity index (χ1v) is 4.66. The smallest absolute Gasteiger partial charge is 0.248 e. The van der Waals surface area contributed by atoms with E-state index >= 15 is 0 Å². The first-order valence-electron chi connectivity index (χ1n) is 3.86. The number of nitrogens with two attached hydrogens (primary N) is 1. The molecule has 4 heteroatoms. The lowest BCUT2D eigenvalue weighted by atomic mass is 10.2. The summed E-state index contributed by atoms with van der Waals surface area (Å²) in [4.78, 5) is 10.9. The summed E-state index contributed by atoms with van der Waals surface area (Å²) in [5, 5.41) is 0. The number of rotatable bonds is 3. The van der Waals surface area contributed by atoms with Crippen molar-refractivity contribution in [1.82, 2.24) is 0 Å². The monoisotopic (exact) mass is 243 g/mol. The number of hydrogen-bond donors (Lipinski definition) is 1. The minimum absolute atomic E-state index is 0.442. The van der Waals surface area contributed by atoms with Gasteiger partial charge in [-0.2, -0.15) is 0 Å². The highest BCUT2D eigenvalue weighted by Crippen LogP contribution is 2.21. The second-order valence-corrected chi connectivity index (χ2v) is 3.39. The molecule has 0 unspecified atom stereocenters. The number of benzene rings is 1. The van der Waals surface area contributed by atoms with Gasteiger partial charge in [0.15, 0.2) is 0 Å². The fourth-order valence-electron chi connectivity index (χ4n) is 0.955. The van der Waals surface area contributed by atoms with Gasteiger partial charge in [-0.15, -0.1) is 0 Å². The zero-order valence-corrected chi connectivity index (χ0v) is 8.80. The van der Waals surface area contributed by atoms with Crippen LogP contribution in [0.3, 0.4) is 0 Å². The van der Waals surface area contributed by atoms with Gasteiger partial charge in [0.25, 0.3) is 0 Å². The number of hydrogen-bond acceptors (Lipinski definition) is 2. The maximum Gasteiger partial charge on any atom is 0.248 e. The fraction of sp³-hybridized carbons (Fsp3) is 0.222. The lowest BCUT2D eigenvalue weighted by Gasteiger charge is -2.04. The first-order chi connectivity index (χ1) is 6.13. The van der Waals surface area contributed by atoms with Crippen molar-refractivity contribution in [1.29, 1.82) is 0 Å². The molecule has 1 aromatic carbocycles. The Morgan fingerprint density at radius 2 is 2.23 bits per heavy atom. The zero-order chi connectivity index (χ0) is 9.84. The number of halogens is 1. The molecule has 0 aliphatic heterocycles. The van der Waals surface area contributed by atoms with E-state index in [-0.39, 0.29) is 0 Å². The largest absolute Gasteiger partial charge is 0.494 e. The average molecular weight is 244 g/mol. The minimum atomic E-state index is -0.456. The molecule has 0 bridgehead atoms. The Labute approximate surface area is 85.0 Å². The van der Waals surface area contributed by atoms with Crippen LogP contribution in [0.2, 0.25) is 0 Å². The predicted molar refractivity (Wildman–Crippen MR) is 53.8 cm³/mol. The van der Waals surface area contributed by atoms with E-state index in [1.165, 1.54) is 0 Å². The highest BCUT2D eigenvalue weighted by molar-refractivity contribution is 9.10. The van der Waals surface area contributed by atoms with Crippen LogP contribution in [-0.4, -0.2) is 12.5 Å². The van der Waals surface area contributed by atoms with E-state index in [1.807, 2.05) is 6.92 Å². The highest BCUT2D eigenvalue weighted by atomic mass is 79.9. The molecule has 0 saturated carbocycles. The number of carbonyl (C=O) groups is 1. The number of primary amides is 1. The molecular formula is C9H10BrNO2. The van der Waals surface area contributed by atoms with Gasteiger partial charge in [-0.1, -0.05) is 15.9 Å². The molecule has 0 aliphatic rings. The summed E-state index contributed by atoms with van der Waals surface area (Å²) in [7, 11) is 0. The predicted octanol–water partition coefficient (Wildman–Crippen LogP) is 1.95. The van der Waals surface area contributed by atoms with E-state index in [9.17, 15) is 4.79 Å². The maximum atomic E-state index is 10.9. The normalized spacial score (nSPS) is 9.69. The molecule has 0 heterocycles. The van der Waals surface area contributed by atoms with Crippen LogP contribution in [0, 0.1) is 0 Å². The van der Waals surface area contributed by atoms with Gasteiger partial charge in [-0.25, -0.2) is 0 Å². The third-order valence-corrected chi connectivity index (χ3v) is 1.92. The third kappa shape index (κ3) is 2.73. The Hall–Kier alpha value is -1.03. The van der Waals surface area contributed by atoms with Crippen LogP contribution in [-0.2, 0) is 0 Å². The first kappa shape index (κ1) is 10.1. The third-order valence-electron chi connectivity index (χ3n) is 1.47. The van der Waals surface area contributed by atoms with Gasteiger partial charge in [0.05, 0.1) is 6.61 Å². The second kappa shape index (κ2) is 4.28. The summed E-state index contributed by atoms with van der Waals surface area (Å²) in [5.74, 6) is 0.188. The lowest BCUT2D eigenvalue weighted by Crippen LogP contribution is -2.11. The Morgan fingerprint density at radius 1 is 1.54 bits per heavy atom. The average Bonchev–Trinajstić information content (AvgIpc) is 2.03. The molecule has 0 aliphatic carbocycles. The summed E-state index contributed by atoms with van der Waals surface area (Å²) in [6, 6.07) is 5.07. The van der Waals surface area contributed by atoms with Crippen LogP contribution in [0.25, 0.3) is 0 Å². The zero-order valence-electron chi connectivity index (χ0n) is 7.21. The summed E-state index contributed by atoms with van der Waals surface area (Å²) < 4.78 is 6.02. The van der Waals surface area contributed by atoms with Gasteiger partial charge in [0, 0.05) is 10.0 Å². The summed E-state index contributed by atoms with van der Waals surface area (Å²) in [6.45, 7) is 2.44. The van der Waals surface area contributed by atoms with Crippen molar-refractivity contribution in [2.75, 3.05) is 6.61 Å². The highest BCUT2D eigenvalue weighted by Gasteiger charge is 2.04. The Balaban J connectivity index is 3.03. The topological polar surface area (TPSA) is 52.3 Å². The Bertz CT molecular complexity index is 325. The lowest BCUT2D eigenvalue weighted by molar-refractivity contribution is 0.1000. The quantitative estimate of drug-likeness (QED) is 0.883. The van der Waals surface area contributed by atoms with Crippen LogP contribution < -0.4 is 10.5 Å². The van der Waals surface area contributed by atoms with Crippen molar-refractivity contribution in [2.45, 2.75) is 6.92 Å². The van der Waals surface area contributed by atoms with Crippen molar-refractivity contribution in [2.24, 2.45) is 5.73 Å². The molecule has 3 nitrogen and oxygen atoms in total. The fourth-order valence-corrected chi connectivity index (χ4v) is 1.43. The van der Waals surface area contributed by atoms with Crippen LogP contribution >= 0.6 is 15.9 Å². The molecule has 0 saturated heterocycles. The van der Waals surface area contributed by atoms with Crippen molar-refractivity contribution in [3.8, 4) is 5.75 Å². The summed E-state index contributed by atoms with van der Waals surface area (Å²) >= 11 is 3.26. The molecule has 0 spiro atoms. The molecule has 0 fully saturated rings. The Morgan fingerprint density at radius 3 is 2.77 bits per heavy atom. The maximum absolute atomic E-state index is 10.9. The van der Waals surface area contributed by atoms with E-state index in [2.05, 4.69) is 15.9 Å². The van der Waals surface area contributed by atoms with Gasteiger partial charge >= 0.3 is 0 Å². The molecule has 0 aromatic heterocycles. The Kier molecular flexibility index (Phi) is 3.31. The van der Waals surface area contributed by atoms with Crippen molar-refractivity contribution in [3.05, 3.63) is 28.2 Å². The van der Waals surface area contributed by atoms with Crippen molar-refractivity contribution in [3.63, 3.8) is 0 Å². The van der Waals surface area contributed by atoms with Crippen LogP contribution in [0.4, 0.5) is 0 Å². The molecular weight excluding hydrogens is 234 g/mol. The molecule has 1 rings (SSSR count). The van der Waals surface area contributed by atoms with Gasteiger partial charge < -0.3 is 10.5 Å². The van der Waals surface area contributed by atoms with Gasteiger partial charge in [0.2, 0.25) is 5.91 Å². The molecule has 13 heavy (non-hydrogen) atoms. The SMILES string of the molecule is CCOc1cc(Br)cc(C(N)=O)c1. The van der Waals surface area contributed by atoms with E-state index < -0.39 is 5.91 Å². The van der Waals surface area contributed by atoms with E-state index in [4.69, 9.17) is 10.5 Å². The molecule has 1 aromatic rings. The molecule has 1 amide bonds. The summed E-state index contributed by atoms with van der Waals surface area (Å²) in [5.41, 5.74) is 5.57. The minimum Gasteiger partial charge on any atom is -0.494 e. The molecule has 0 atom stereocenters. The second-order valence-electron chi connectivity index (χ2n) is 2.47. The summed E-state index contributed by atoms with van der Waals surface area (Å²) in [6.07, 6.45) is 0. The van der Waals surface area contributed by atoms with Crippen LogP contribution in [0.1, 0.15) is 17.3 Å². The number of ether oxygens (including phenoxy) is 1. The molecule has 2 N–H and O–H groups in total. The van der Waals surface area contributed by atoms with Crippen LogP contribution in [0.15, 0.2) is 22.7 Å². The van der Waals surface area contributed by atoms with E-state index in [0.29, 0.717) is 17.9 Å². The van der Waals surface area contributed by atoms with Gasteiger partial charge in [-0.3, -0.25) is 4.79 Å². The van der Waals surface area contributed by atoms with E-state index in [0.717, 1.165) is 4.47 Å². The van der Waals surface area contributed by atoms with E-state index in [1.54, 1.807) is 18.2 Å². The van der Waals surface area contributed by atoms with Gasteiger partial charge in [-0.05, 0) is 25.1 Å². The van der Waals surface area contributed by atoms with Crippen LogP contribution in [0.5, 0.6) is 5.75 Å². The molecule has 0 radical (unpaired) electrons. The van der Waals surface area contributed by atoms with Gasteiger partial charge in [0.1, 0.15) is 5.75 Å².